The first-order valence-electron chi connectivity index (χ1n) is 6.50. The molecule has 1 aliphatic carbocycles. The Kier molecular flexibility index (Phi) is 4.81. The van der Waals surface area contributed by atoms with Crippen molar-refractivity contribution in [3.8, 4) is 6.07 Å². The third kappa shape index (κ3) is 3.95. The largest absolute Gasteiger partial charge is 0.478 e. The molecule has 1 fully saturated rings. The van der Waals surface area contributed by atoms with Crippen LogP contribution in [0.1, 0.15) is 29.6 Å². The van der Waals surface area contributed by atoms with Crippen LogP contribution in [0, 0.1) is 11.3 Å². The van der Waals surface area contributed by atoms with Crippen LogP contribution in [0.3, 0.4) is 0 Å². The minimum atomic E-state index is -1.03. The lowest BCUT2D eigenvalue weighted by molar-refractivity contribution is 0.0697. The molecule has 0 unspecified atom stereocenters. The zero-order chi connectivity index (χ0) is 15.4. The highest BCUT2D eigenvalue weighted by atomic mass is 79.9. The molecule has 21 heavy (non-hydrogen) atoms. The molecule has 2 rings (SSSR count). The average molecular weight is 352 g/mol. The van der Waals surface area contributed by atoms with Gasteiger partial charge in [-0.2, -0.15) is 5.26 Å². The highest BCUT2D eigenvalue weighted by Gasteiger charge is 2.32. The number of nitrogens with zero attached hydrogens (tertiary/aromatic N) is 2. The number of amides is 2. The van der Waals surface area contributed by atoms with Crippen molar-refractivity contribution in [2.24, 2.45) is 0 Å². The Labute approximate surface area is 130 Å². The van der Waals surface area contributed by atoms with Crippen molar-refractivity contribution >= 4 is 33.6 Å². The van der Waals surface area contributed by atoms with Gasteiger partial charge in [0, 0.05) is 17.1 Å². The van der Waals surface area contributed by atoms with Gasteiger partial charge < -0.3 is 15.3 Å². The Balaban J connectivity index is 2.07. The molecular weight excluding hydrogens is 338 g/mol. The highest BCUT2D eigenvalue weighted by molar-refractivity contribution is 9.10. The van der Waals surface area contributed by atoms with Gasteiger partial charge in [-0.25, -0.2) is 9.59 Å². The van der Waals surface area contributed by atoms with Crippen molar-refractivity contribution in [3.63, 3.8) is 0 Å². The molecule has 1 aromatic rings. The number of carboxylic acids is 1. The monoisotopic (exact) mass is 351 g/mol. The van der Waals surface area contributed by atoms with Crippen LogP contribution in [-0.2, 0) is 0 Å². The Hall–Kier alpha value is -2.07. The lowest BCUT2D eigenvalue weighted by atomic mass is 10.2. The molecule has 0 saturated heterocycles. The van der Waals surface area contributed by atoms with Gasteiger partial charge in [-0.3, -0.25) is 0 Å². The van der Waals surface area contributed by atoms with Gasteiger partial charge in [-0.1, -0.05) is 0 Å². The summed E-state index contributed by atoms with van der Waals surface area (Å²) in [6, 6.07) is 6.38. The SMILES string of the molecule is N#CCCN(C(=O)Nc1ccc(C(=O)O)cc1Br)C1CC1. The minimum absolute atomic E-state index is 0.142. The zero-order valence-electron chi connectivity index (χ0n) is 11.2. The van der Waals surface area contributed by atoms with E-state index in [2.05, 4.69) is 21.2 Å². The van der Waals surface area contributed by atoms with Crippen molar-refractivity contribution in [3.05, 3.63) is 28.2 Å². The van der Waals surface area contributed by atoms with Crippen LogP contribution in [0.25, 0.3) is 0 Å². The van der Waals surface area contributed by atoms with Crippen molar-refractivity contribution in [1.82, 2.24) is 4.90 Å². The molecule has 7 heteroatoms. The molecular formula is C14H14BrN3O3. The molecule has 0 aromatic heterocycles. The Morgan fingerprint density at radius 2 is 2.19 bits per heavy atom. The van der Waals surface area contributed by atoms with Crippen LogP contribution < -0.4 is 5.32 Å². The number of nitriles is 1. The molecule has 1 saturated carbocycles. The standard InChI is InChI=1S/C14H14BrN3O3/c15-11-8-9(13(19)20)2-5-12(11)17-14(21)18(7-1-6-16)10-3-4-10/h2,5,8,10H,1,3-4,7H2,(H,17,21)(H,19,20). The Morgan fingerprint density at radius 3 is 2.71 bits per heavy atom. The van der Waals surface area contributed by atoms with E-state index in [9.17, 15) is 9.59 Å². The maximum absolute atomic E-state index is 12.2. The molecule has 1 aromatic carbocycles. The van der Waals surface area contributed by atoms with Crippen molar-refractivity contribution in [2.45, 2.75) is 25.3 Å². The van der Waals surface area contributed by atoms with E-state index in [1.165, 1.54) is 12.1 Å². The van der Waals surface area contributed by atoms with Gasteiger partial charge >= 0.3 is 12.0 Å². The maximum atomic E-state index is 12.2. The number of urea groups is 1. The molecule has 0 spiro atoms. The second-order valence-electron chi connectivity index (χ2n) is 4.76. The number of carbonyl (C=O) groups is 2. The summed E-state index contributed by atoms with van der Waals surface area (Å²) in [4.78, 5) is 24.8. The lowest BCUT2D eigenvalue weighted by Crippen LogP contribution is -2.37. The van der Waals surface area contributed by atoms with Crippen LogP contribution in [0.2, 0.25) is 0 Å². The average Bonchev–Trinajstić information content (AvgIpc) is 3.26. The molecule has 0 atom stereocenters. The van der Waals surface area contributed by atoms with Crippen LogP contribution in [0.4, 0.5) is 10.5 Å². The second-order valence-corrected chi connectivity index (χ2v) is 5.62. The fraction of sp³-hybridized carbons (Fsp3) is 0.357. The second kappa shape index (κ2) is 6.59. The highest BCUT2D eigenvalue weighted by Crippen LogP contribution is 2.29. The summed E-state index contributed by atoms with van der Waals surface area (Å²) in [5, 5.41) is 20.3. The molecule has 0 radical (unpaired) electrons. The van der Waals surface area contributed by atoms with Crippen LogP contribution >= 0.6 is 15.9 Å². The lowest BCUT2D eigenvalue weighted by Gasteiger charge is -2.22. The number of rotatable bonds is 5. The molecule has 2 N–H and O–H groups in total. The predicted octanol–water partition coefficient (Wildman–Crippen LogP) is 3.06. The number of carbonyl (C=O) groups excluding carboxylic acids is 1. The Morgan fingerprint density at radius 1 is 1.48 bits per heavy atom. The number of halogens is 1. The first-order chi connectivity index (χ1) is 10.0. The quantitative estimate of drug-likeness (QED) is 0.852. The normalized spacial score (nSPS) is 13.3. The first kappa shape index (κ1) is 15.3. The Bertz CT molecular complexity index is 608. The maximum Gasteiger partial charge on any atom is 0.335 e. The predicted molar refractivity (Wildman–Crippen MR) is 80.1 cm³/mol. The summed E-state index contributed by atoms with van der Waals surface area (Å²) in [6.07, 6.45) is 2.21. The third-order valence-electron chi connectivity index (χ3n) is 3.17. The number of hydrogen-bond acceptors (Lipinski definition) is 3. The molecule has 6 nitrogen and oxygen atoms in total. The number of anilines is 1. The number of benzene rings is 1. The van der Waals surface area contributed by atoms with Crippen LogP contribution in [0.15, 0.2) is 22.7 Å². The summed E-state index contributed by atoms with van der Waals surface area (Å²) < 4.78 is 0.506. The number of aromatic carboxylic acids is 1. The molecule has 2 amide bonds. The number of hydrogen-bond donors (Lipinski definition) is 2. The van der Waals surface area contributed by atoms with E-state index in [4.69, 9.17) is 10.4 Å². The fourth-order valence-corrected chi connectivity index (χ4v) is 2.42. The van der Waals surface area contributed by atoms with Gasteiger partial charge in [0.15, 0.2) is 0 Å². The smallest absolute Gasteiger partial charge is 0.335 e. The molecule has 1 aliphatic rings. The topological polar surface area (TPSA) is 93.4 Å². The van der Waals surface area contributed by atoms with Gasteiger partial charge in [-0.15, -0.1) is 0 Å². The van der Waals surface area contributed by atoms with E-state index in [1.54, 1.807) is 11.0 Å². The van der Waals surface area contributed by atoms with E-state index in [0.29, 0.717) is 23.1 Å². The minimum Gasteiger partial charge on any atom is -0.478 e. The summed E-state index contributed by atoms with van der Waals surface area (Å²) in [5.74, 6) is -1.03. The van der Waals surface area contributed by atoms with Gasteiger partial charge in [0.25, 0.3) is 0 Å². The zero-order valence-corrected chi connectivity index (χ0v) is 12.8. The van der Waals surface area contributed by atoms with Crippen molar-refractivity contribution in [2.75, 3.05) is 11.9 Å². The van der Waals surface area contributed by atoms with Crippen LogP contribution in [0.5, 0.6) is 0 Å². The van der Waals surface area contributed by atoms with Gasteiger partial charge in [0.1, 0.15) is 0 Å². The molecule has 110 valence electrons. The van der Waals surface area contributed by atoms with Gasteiger partial charge in [0.2, 0.25) is 0 Å². The summed E-state index contributed by atoms with van der Waals surface area (Å²) in [6.45, 7) is 0.401. The van der Waals surface area contributed by atoms with E-state index in [1.807, 2.05) is 6.07 Å². The van der Waals surface area contributed by atoms with E-state index >= 15 is 0 Å². The first-order valence-corrected chi connectivity index (χ1v) is 7.29. The number of nitrogens with one attached hydrogen (secondary N) is 1. The van der Waals surface area contributed by atoms with E-state index < -0.39 is 5.97 Å². The summed E-state index contributed by atoms with van der Waals surface area (Å²) >= 11 is 3.25. The summed E-state index contributed by atoms with van der Waals surface area (Å²) in [7, 11) is 0. The molecule has 0 aliphatic heterocycles. The van der Waals surface area contributed by atoms with Crippen molar-refractivity contribution < 1.29 is 14.7 Å². The number of carboxylic acid groups (broad SMARTS) is 1. The van der Waals surface area contributed by atoms with E-state index in [-0.39, 0.29) is 17.6 Å². The van der Waals surface area contributed by atoms with Crippen LogP contribution in [-0.4, -0.2) is 34.6 Å². The van der Waals surface area contributed by atoms with E-state index in [0.717, 1.165) is 12.8 Å². The van der Waals surface area contributed by atoms with Gasteiger partial charge in [0.05, 0.1) is 23.7 Å². The molecule has 0 bridgehead atoms. The van der Waals surface area contributed by atoms with Gasteiger partial charge in [-0.05, 0) is 47.0 Å². The third-order valence-corrected chi connectivity index (χ3v) is 3.83. The molecule has 0 heterocycles. The summed E-state index contributed by atoms with van der Waals surface area (Å²) in [5.41, 5.74) is 0.649. The van der Waals surface area contributed by atoms with Crippen molar-refractivity contribution in [1.29, 1.82) is 5.26 Å². The fourth-order valence-electron chi connectivity index (χ4n) is 1.94.